The van der Waals surface area contributed by atoms with E-state index < -0.39 is 29.7 Å². The number of aromatic nitrogens is 5. The summed E-state index contributed by atoms with van der Waals surface area (Å²) >= 11 is 7.12. The molecule has 5 heterocycles. The molecule has 0 radical (unpaired) electrons. The summed E-state index contributed by atoms with van der Waals surface area (Å²) < 4.78 is 30.2. The number of aliphatic carboxylic acids is 1. The molecule has 320 valence electrons. The second-order valence-corrected chi connectivity index (χ2v) is 18.4. The number of nitrogens with one attached hydrogen (secondary N) is 1. The van der Waals surface area contributed by atoms with E-state index in [0.29, 0.717) is 59.2 Å². The van der Waals surface area contributed by atoms with Gasteiger partial charge in [0.1, 0.15) is 5.52 Å². The molecular weight excluding hydrogens is 802 g/mol. The Morgan fingerprint density at radius 1 is 1.07 bits per heavy atom. The number of β-amino-alcohol motifs (C(OH)–C–C–N with tert-alkyl or cyclic N) is 1. The van der Waals surface area contributed by atoms with E-state index in [1.54, 1.807) is 12.3 Å². The molecule has 2 aliphatic heterocycles. The number of carboxylic acids is 1. The first-order chi connectivity index (χ1) is 29.2. The maximum atomic E-state index is 14.1. The largest absolute Gasteiger partial charge is 0.481 e. The lowest BCUT2D eigenvalue weighted by Gasteiger charge is -2.32. The van der Waals surface area contributed by atoms with Crippen LogP contribution >= 0.6 is 11.6 Å². The Balaban J connectivity index is 0.909. The number of benzene rings is 2. The van der Waals surface area contributed by atoms with Crippen LogP contribution in [0.3, 0.4) is 0 Å². The van der Waals surface area contributed by atoms with E-state index in [1.807, 2.05) is 61.9 Å². The fourth-order valence-electron chi connectivity index (χ4n) is 10.6. The van der Waals surface area contributed by atoms with Crippen LogP contribution in [0.4, 0.5) is 20.3 Å². The summed E-state index contributed by atoms with van der Waals surface area (Å²) in [7, 11) is 1.90. The summed E-state index contributed by atoms with van der Waals surface area (Å²) in [4.78, 5) is 48.3. The number of hydrogen-bond donors (Lipinski definition) is 3. The fraction of sp³-hybridized carbons (Fsp3) is 0.478. The number of fused-ring (bicyclic) bond motifs is 4. The van der Waals surface area contributed by atoms with Gasteiger partial charge in [-0.15, -0.1) is 0 Å². The zero-order valence-corrected chi connectivity index (χ0v) is 35.5. The molecule has 12 nitrogen and oxygen atoms in total. The molecule has 2 bridgehead atoms. The minimum atomic E-state index is -2.90. The highest BCUT2D eigenvalue weighted by molar-refractivity contribution is 6.34. The van der Waals surface area contributed by atoms with Crippen molar-refractivity contribution in [2.75, 3.05) is 25.0 Å². The number of carbonyl (C=O) groups excluding carboxylic acids is 1. The Labute approximate surface area is 358 Å². The third-order valence-electron chi connectivity index (χ3n) is 14.2. The highest BCUT2D eigenvalue weighted by Gasteiger charge is 2.57. The number of carbonyl (C=O) groups is 2. The molecule has 2 aromatic carbocycles. The van der Waals surface area contributed by atoms with Gasteiger partial charge in [0.25, 0.3) is 6.43 Å². The van der Waals surface area contributed by atoms with Crippen molar-refractivity contribution in [3.63, 3.8) is 0 Å². The average Bonchev–Trinajstić information content (AvgIpc) is 3.99. The Bertz CT molecular complexity index is 2540. The minimum absolute atomic E-state index is 0.0548. The second kappa shape index (κ2) is 16.1. The lowest BCUT2D eigenvalue weighted by atomic mass is 9.80. The molecule has 0 amide bonds. The maximum absolute atomic E-state index is 14.1. The summed E-state index contributed by atoms with van der Waals surface area (Å²) in [6.45, 7) is 7.41. The summed E-state index contributed by atoms with van der Waals surface area (Å²) in [5, 5.41) is 23.7. The van der Waals surface area contributed by atoms with Crippen LogP contribution in [0, 0.1) is 17.8 Å². The van der Waals surface area contributed by atoms with Gasteiger partial charge in [0, 0.05) is 75.3 Å². The molecule has 2 atom stereocenters. The molecule has 3 N–H and O–H groups in total. The Kier molecular flexibility index (Phi) is 10.9. The topological polar surface area (TPSA) is 150 Å². The first-order valence-electron chi connectivity index (χ1n) is 21.3. The standard InChI is InChI=1S/C46H51ClF2N8O4/c1-26-18-30(58)23-57(26)22-28-19-34-39(50-21-28)41(54-42(52-34)40(48)49)51-33-9-5-7-31(27(33)2)32-8-4-6-29(38(32)47)20-37(59)43-53-35-24-56(16-10-36(35)55(43)3)17-15-45-11-13-46(25-45,14-12-45)44(60)61/h4-9,19,21,26,30,40,58H,10-18,20,22-25H2,1-3H3,(H,60,61)(H,51,52,54)/t26-,30+,45?,46?/m0/s1. The fourth-order valence-corrected chi connectivity index (χ4v) is 10.9. The number of Topliss-reactive ketones (excluding diaryl/α,β-unsaturated/α-hetero) is 1. The third kappa shape index (κ3) is 7.81. The van der Waals surface area contributed by atoms with Gasteiger partial charge in [-0.25, -0.2) is 23.7 Å². The predicted octanol–water partition coefficient (Wildman–Crippen LogP) is 8.23. The van der Waals surface area contributed by atoms with Gasteiger partial charge in [-0.2, -0.15) is 0 Å². The molecule has 0 spiro atoms. The van der Waals surface area contributed by atoms with Crippen molar-refractivity contribution >= 4 is 45.9 Å². The Morgan fingerprint density at radius 2 is 1.84 bits per heavy atom. The number of aliphatic hydroxyl groups excluding tert-OH is 1. The quantitative estimate of drug-likeness (QED) is 0.0984. The number of carboxylic acid groups (broad SMARTS) is 1. The Hall–Kier alpha value is -4.89. The number of pyridine rings is 1. The predicted molar refractivity (Wildman–Crippen MR) is 228 cm³/mol. The van der Waals surface area contributed by atoms with Crippen molar-refractivity contribution in [3.05, 3.63) is 93.4 Å². The van der Waals surface area contributed by atoms with Crippen LogP contribution in [-0.2, 0) is 37.8 Å². The van der Waals surface area contributed by atoms with Crippen molar-refractivity contribution in [3.8, 4) is 11.1 Å². The van der Waals surface area contributed by atoms with Crippen molar-refractivity contribution in [2.24, 2.45) is 17.9 Å². The molecular formula is C46H51ClF2N8O4. The van der Waals surface area contributed by atoms with Gasteiger partial charge < -0.3 is 20.1 Å². The van der Waals surface area contributed by atoms with Crippen LogP contribution in [0.5, 0.6) is 0 Å². The Morgan fingerprint density at radius 3 is 2.56 bits per heavy atom. The number of imidazole rings is 1. The van der Waals surface area contributed by atoms with Crippen molar-refractivity contribution < 1.29 is 28.6 Å². The number of hydrogen-bond acceptors (Lipinski definition) is 10. The highest BCUT2D eigenvalue weighted by Crippen LogP contribution is 2.63. The van der Waals surface area contributed by atoms with Crippen LogP contribution < -0.4 is 5.32 Å². The van der Waals surface area contributed by atoms with Gasteiger partial charge in [0.15, 0.2) is 17.5 Å². The lowest BCUT2D eigenvalue weighted by Crippen LogP contribution is -2.34. The number of halogens is 3. The zero-order valence-electron chi connectivity index (χ0n) is 34.7. The number of anilines is 2. The first-order valence-corrected chi connectivity index (χ1v) is 21.6. The van der Waals surface area contributed by atoms with Gasteiger partial charge in [-0.1, -0.05) is 41.9 Å². The van der Waals surface area contributed by atoms with Crippen LogP contribution in [0.2, 0.25) is 5.02 Å². The number of nitrogens with zero attached hydrogens (tertiary/aromatic N) is 7. The van der Waals surface area contributed by atoms with E-state index in [9.17, 15) is 28.6 Å². The number of likely N-dealkylation sites (tertiary alicyclic amines) is 1. The molecule has 3 fully saturated rings. The van der Waals surface area contributed by atoms with Crippen LogP contribution in [0.1, 0.15) is 103 Å². The second-order valence-electron chi connectivity index (χ2n) is 18.0. The summed E-state index contributed by atoms with van der Waals surface area (Å²) in [6, 6.07) is 13.2. The molecule has 3 aromatic heterocycles. The molecule has 61 heavy (non-hydrogen) atoms. The minimum Gasteiger partial charge on any atom is -0.481 e. The van der Waals surface area contributed by atoms with Crippen LogP contribution in [-0.4, -0.2) is 88.0 Å². The van der Waals surface area contributed by atoms with Crippen molar-refractivity contribution in [1.82, 2.24) is 34.3 Å². The van der Waals surface area contributed by atoms with E-state index in [-0.39, 0.29) is 29.5 Å². The van der Waals surface area contributed by atoms with E-state index in [0.717, 1.165) is 91.7 Å². The molecule has 9 rings (SSSR count). The van der Waals surface area contributed by atoms with E-state index in [1.165, 1.54) is 0 Å². The monoisotopic (exact) mass is 852 g/mol. The van der Waals surface area contributed by atoms with Crippen molar-refractivity contribution in [2.45, 2.75) is 103 Å². The molecule has 5 aromatic rings. The van der Waals surface area contributed by atoms with Gasteiger partial charge in [0.05, 0.1) is 27.8 Å². The van der Waals surface area contributed by atoms with Gasteiger partial charge >= 0.3 is 5.97 Å². The third-order valence-corrected chi connectivity index (χ3v) is 14.6. The smallest absolute Gasteiger partial charge is 0.309 e. The summed E-state index contributed by atoms with van der Waals surface area (Å²) in [6.07, 6.45) is 5.24. The van der Waals surface area contributed by atoms with Gasteiger partial charge in [0.2, 0.25) is 5.78 Å². The van der Waals surface area contributed by atoms with Crippen LogP contribution in [0.25, 0.3) is 22.2 Å². The molecule has 2 aliphatic carbocycles. The average molecular weight is 853 g/mol. The number of rotatable bonds is 13. The van der Waals surface area contributed by atoms with Crippen molar-refractivity contribution in [1.29, 1.82) is 0 Å². The first kappa shape index (κ1) is 41.5. The number of aliphatic hydroxyl groups is 1. The molecule has 1 saturated heterocycles. The zero-order chi connectivity index (χ0) is 42.8. The SMILES string of the molecule is Cc1c(Nc2nc(C(F)F)nc3cc(CN4C[C@H](O)C[C@@H]4C)cnc23)cccc1-c1cccc(CC(=O)c2nc3c(n2C)CCN(CCC24CCC(C(=O)O)(CC2)C4)C3)c1Cl. The van der Waals surface area contributed by atoms with Crippen LogP contribution in [0.15, 0.2) is 48.7 Å². The van der Waals surface area contributed by atoms with Gasteiger partial charge in [-0.05, 0) is 105 Å². The normalized spacial score (nSPS) is 23.9. The molecule has 0 unspecified atom stereocenters. The van der Waals surface area contributed by atoms with E-state index >= 15 is 0 Å². The lowest BCUT2D eigenvalue weighted by molar-refractivity contribution is -0.148. The summed E-state index contributed by atoms with van der Waals surface area (Å²) in [5.74, 6) is -0.826. The van der Waals surface area contributed by atoms with E-state index in [2.05, 4.69) is 30.1 Å². The van der Waals surface area contributed by atoms with E-state index in [4.69, 9.17) is 16.6 Å². The maximum Gasteiger partial charge on any atom is 0.309 e. The molecule has 4 aliphatic rings. The molecule has 2 saturated carbocycles. The molecule has 15 heteroatoms. The number of ketones is 1. The van der Waals surface area contributed by atoms with Gasteiger partial charge in [-0.3, -0.25) is 24.4 Å². The highest BCUT2D eigenvalue weighted by atomic mass is 35.5. The number of alkyl halides is 2. The summed E-state index contributed by atoms with van der Waals surface area (Å²) in [5.41, 5.74) is 6.62.